The fourth-order valence-corrected chi connectivity index (χ4v) is 2.79. The van der Waals surface area contributed by atoms with E-state index in [-0.39, 0.29) is 17.6 Å². The Bertz CT molecular complexity index is 642. The lowest BCUT2D eigenvalue weighted by molar-refractivity contribution is 0.236. The summed E-state index contributed by atoms with van der Waals surface area (Å²) in [6, 6.07) is -0.372. The van der Waals surface area contributed by atoms with Crippen LogP contribution in [0, 0.1) is 6.92 Å². The Morgan fingerprint density at radius 1 is 1.45 bits per heavy atom. The first kappa shape index (κ1) is 16.4. The first-order valence-electron chi connectivity index (χ1n) is 7.13. The largest absolute Gasteiger partial charge is 0.331 e. The number of rotatable bonds is 4. The Labute approximate surface area is 134 Å². The number of hydrogen-bond acceptors (Lipinski definition) is 5. The van der Waals surface area contributed by atoms with Crippen LogP contribution in [0.5, 0.6) is 0 Å². The van der Waals surface area contributed by atoms with Crippen LogP contribution in [-0.4, -0.2) is 25.8 Å². The predicted molar refractivity (Wildman–Crippen MR) is 85.7 cm³/mol. The second kappa shape index (κ2) is 6.43. The van der Waals surface area contributed by atoms with Gasteiger partial charge in [0, 0.05) is 11.1 Å². The van der Waals surface area contributed by atoms with E-state index in [2.05, 4.69) is 25.7 Å². The number of thiazole rings is 1. The van der Waals surface area contributed by atoms with Crippen molar-refractivity contribution < 1.29 is 4.79 Å². The molecule has 0 spiro atoms. The molecular weight excluding hydrogens is 300 g/mol. The van der Waals surface area contributed by atoms with Crippen LogP contribution in [0.15, 0.2) is 11.7 Å². The molecular formula is C14H22N6OS. The van der Waals surface area contributed by atoms with Crippen molar-refractivity contribution in [3.05, 3.63) is 28.2 Å². The van der Waals surface area contributed by atoms with Crippen LogP contribution in [-0.2, 0) is 12.1 Å². The molecule has 0 aliphatic carbocycles. The topological polar surface area (TPSA) is 84.7 Å². The van der Waals surface area contributed by atoms with Crippen LogP contribution in [0.2, 0.25) is 0 Å². The number of carbonyl (C=O) groups is 1. The molecule has 1 atom stereocenters. The summed E-state index contributed by atoms with van der Waals surface area (Å²) < 4.78 is 1.81. The zero-order valence-electron chi connectivity index (χ0n) is 13.5. The van der Waals surface area contributed by atoms with Crippen molar-refractivity contribution in [1.29, 1.82) is 0 Å². The molecule has 2 aromatic heterocycles. The van der Waals surface area contributed by atoms with E-state index in [9.17, 15) is 4.79 Å². The SMILES string of the molecule is Cc1csc([C@@H](C)NC(=O)NCc2ncnn2C(C)(C)C)n1. The number of nitrogens with zero attached hydrogens (tertiary/aromatic N) is 4. The molecule has 0 bridgehead atoms. The Hall–Kier alpha value is -1.96. The number of nitrogens with one attached hydrogen (secondary N) is 2. The highest BCUT2D eigenvalue weighted by Crippen LogP contribution is 2.17. The third-order valence-electron chi connectivity index (χ3n) is 3.02. The predicted octanol–water partition coefficient (Wildman–Crippen LogP) is 2.36. The third kappa shape index (κ3) is 4.03. The Morgan fingerprint density at radius 3 is 2.77 bits per heavy atom. The van der Waals surface area contributed by atoms with Crippen molar-refractivity contribution in [2.75, 3.05) is 0 Å². The van der Waals surface area contributed by atoms with E-state index in [1.54, 1.807) is 16.0 Å². The van der Waals surface area contributed by atoms with Gasteiger partial charge < -0.3 is 10.6 Å². The first-order chi connectivity index (χ1) is 10.3. The maximum atomic E-state index is 12.0. The minimum absolute atomic E-state index is 0.126. The van der Waals surface area contributed by atoms with Gasteiger partial charge in [0.25, 0.3) is 0 Å². The molecule has 0 radical (unpaired) electrons. The molecule has 2 heterocycles. The van der Waals surface area contributed by atoms with E-state index in [0.717, 1.165) is 16.5 Å². The Morgan fingerprint density at radius 2 is 2.18 bits per heavy atom. The van der Waals surface area contributed by atoms with Gasteiger partial charge in [0.1, 0.15) is 17.2 Å². The quantitative estimate of drug-likeness (QED) is 0.905. The van der Waals surface area contributed by atoms with E-state index >= 15 is 0 Å². The highest BCUT2D eigenvalue weighted by atomic mass is 32.1. The molecule has 2 N–H and O–H groups in total. The molecule has 2 amide bonds. The molecule has 120 valence electrons. The van der Waals surface area contributed by atoms with Gasteiger partial charge in [-0.25, -0.2) is 19.4 Å². The van der Waals surface area contributed by atoms with E-state index in [4.69, 9.17) is 0 Å². The van der Waals surface area contributed by atoms with E-state index in [1.165, 1.54) is 6.33 Å². The summed E-state index contributed by atoms with van der Waals surface area (Å²) in [6.07, 6.45) is 1.50. The number of amides is 2. The molecule has 8 heteroatoms. The number of aromatic nitrogens is 4. The van der Waals surface area contributed by atoms with Crippen LogP contribution < -0.4 is 10.6 Å². The van der Waals surface area contributed by atoms with Crippen molar-refractivity contribution in [3.63, 3.8) is 0 Å². The van der Waals surface area contributed by atoms with Crippen molar-refractivity contribution >= 4 is 17.4 Å². The second-order valence-corrected chi connectivity index (χ2v) is 7.02. The molecule has 2 aromatic rings. The monoisotopic (exact) mass is 322 g/mol. The van der Waals surface area contributed by atoms with Crippen LogP contribution in [0.25, 0.3) is 0 Å². The number of urea groups is 1. The molecule has 0 aromatic carbocycles. The van der Waals surface area contributed by atoms with Gasteiger partial charge in [-0.15, -0.1) is 11.3 Å². The van der Waals surface area contributed by atoms with Crippen molar-refractivity contribution in [2.24, 2.45) is 0 Å². The second-order valence-electron chi connectivity index (χ2n) is 6.13. The molecule has 22 heavy (non-hydrogen) atoms. The average Bonchev–Trinajstić information content (AvgIpc) is 3.04. The lowest BCUT2D eigenvalue weighted by Crippen LogP contribution is -2.38. The summed E-state index contributed by atoms with van der Waals surface area (Å²) in [5.74, 6) is 0.723. The van der Waals surface area contributed by atoms with Crippen LogP contribution in [0.1, 0.15) is 50.3 Å². The highest BCUT2D eigenvalue weighted by molar-refractivity contribution is 7.09. The van der Waals surface area contributed by atoms with E-state index < -0.39 is 0 Å². The zero-order chi connectivity index (χ0) is 16.3. The van der Waals surface area contributed by atoms with E-state index in [1.807, 2.05) is 40.0 Å². The standard InChI is InChI=1S/C14H22N6OS/c1-9-7-22-12(18-9)10(2)19-13(21)15-6-11-16-8-17-20(11)14(3,4)5/h7-8,10H,6H2,1-5H3,(H2,15,19,21)/t10-/m1/s1. The summed E-state index contributed by atoms with van der Waals surface area (Å²) in [5, 5.41) is 12.7. The fourth-order valence-electron chi connectivity index (χ4n) is 1.99. The molecule has 0 aliphatic heterocycles. The van der Waals surface area contributed by atoms with Gasteiger partial charge in [-0.05, 0) is 34.6 Å². The summed E-state index contributed by atoms with van der Waals surface area (Å²) in [7, 11) is 0. The smallest absolute Gasteiger partial charge is 0.315 e. The molecule has 0 aliphatic rings. The minimum Gasteiger partial charge on any atom is -0.331 e. The number of hydrogen-bond donors (Lipinski definition) is 2. The van der Waals surface area contributed by atoms with Gasteiger partial charge in [0.15, 0.2) is 0 Å². The minimum atomic E-state index is -0.246. The summed E-state index contributed by atoms with van der Waals surface area (Å²) >= 11 is 1.54. The summed E-state index contributed by atoms with van der Waals surface area (Å²) in [4.78, 5) is 20.6. The fraction of sp³-hybridized carbons (Fsp3) is 0.571. The van der Waals surface area contributed by atoms with Crippen molar-refractivity contribution in [2.45, 2.75) is 52.7 Å². The summed E-state index contributed by atoms with van der Waals surface area (Å²) in [6.45, 7) is 10.3. The molecule has 0 unspecified atom stereocenters. The molecule has 7 nitrogen and oxygen atoms in total. The maximum Gasteiger partial charge on any atom is 0.315 e. The van der Waals surface area contributed by atoms with Gasteiger partial charge in [-0.2, -0.15) is 5.10 Å². The molecule has 2 rings (SSSR count). The van der Waals surface area contributed by atoms with Gasteiger partial charge in [0.2, 0.25) is 0 Å². The van der Waals surface area contributed by atoms with Crippen molar-refractivity contribution in [3.8, 4) is 0 Å². The molecule has 0 saturated heterocycles. The summed E-state index contributed by atoms with van der Waals surface area (Å²) in [5.41, 5.74) is 0.794. The average molecular weight is 322 g/mol. The molecule has 0 saturated carbocycles. The van der Waals surface area contributed by atoms with Gasteiger partial charge in [-0.1, -0.05) is 0 Å². The third-order valence-corrected chi connectivity index (χ3v) is 4.16. The van der Waals surface area contributed by atoms with Gasteiger partial charge >= 0.3 is 6.03 Å². The van der Waals surface area contributed by atoms with Gasteiger partial charge in [0.05, 0.1) is 18.1 Å². The van der Waals surface area contributed by atoms with E-state index in [0.29, 0.717) is 6.54 Å². The highest BCUT2D eigenvalue weighted by Gasteiger charge is 2.19. The Balaban J connectivity index is 1.90. The zero-order valence-corrected chi connectivity index (χ0v) is 14.4. The maximum absolute atomic E-state index is 12.0. The Kier molecular flexibility index (Phi) is 4.80. The lowest BCUT2D eigenvalue weighted by atomic mass is 10.1. The van der Waals surface area contributed by atoms with Crippen LogP contribution >= 0.6 is 11.3 Å². The normalized spacial score (nSPS) is 13.0. The number of carbonyl (C=O) groups excluding carboxylic acids is 1. The first-order valence-corrected chi connectivity index (χ1v) is 8.01. The van der Waals surface area contributed by atoms with Gasteiger partial charge in [-0.3, -0.25) is 0 Å². The lowest BCUT2D eigenvalue weighted by Gasteiger charge is -2.21. The molecule has 0 fully saturated rings. The number of aryl methyl sites for hydroxylation is 1. The van der Waals surface area contributed by atoms with Crippen LogP contribution in [0.4, 0.5) is 4.79 Å². The van der Waals surface area contributed by atoms with Crippen molar-refractivity contribution in [1.82, 2.24) is 30.4 Å². The van der Waals surface area contributed by atoms with Crippen LogP contribution in [0.3, 0.4) is 0 Å².